The highest BCUT2D eigenvalue weighted by Gasteiger charge is 2.42. The average molecular weight is 326 g/mol. The predicted octanol–water partition coefficient (Wildman–Crippen LogP) is 2.92. The number of nitrogens with zero attached hydrogens (tertiary/aromatic N) is 1. The van der Waals surface area contributed by atoms with Crippen LogP contribution in [-0.2, 0) is 4.79 Å². The van der Waals surface area contributed by atoms with Crippen LogP contribution in [0.25, 0.3) is 0 Å². The lowest BCUT2D eigenvalue weighted by atomic mass is 9.90. The van der Waals surface area contributed by atoms with E-state index < -0.39 is 35.1 Å². The van der Waals surface area contributed by atoms with E-state index in [1.54, 1.807) is 13.8 Å². The van der Waals surface area contributed by atoms with E-state index in [4.69, 9.17) is 0 Å². The maximum atomic E-state index is 13.9. The van der Waals surface area contributed by atoms with E-state index in [0.29, 0.717) is 19.4 Å². The minimum atomic E-state index is -0.969. The number of carbonyl (C=O) groups excluding carboxylic acids is 1. The largest absolute Gasteiger partial charge is 0.481 e. The first-order valence-corrected chi connectivity index (χ1v) is 7.50. The van der Waals surface area contributed by atoms with Crippen LogP contribution < -0.4 is 5.32 Å². The molecule has 1 aliphatic rings. The summed E-state index contributed by atoms with van der Waals surface area (Å²) in [5.41, 5.74) is -0.885. The van der Waals surface area contributed by atoms with Gasteiger partial charge in [-0.1, -0.05) is 6.92 Å². The molecule has 0 aliphatic carbocycles. The molecule has 1 fully saturated rings. The molecule has 0 aromatic heterocycles. The van der Waals surface area contributed by atoms with Crippen molar-refractivity contribution >= 4 is 12.0 Å². The minimum absolute atomic E-state index is 0.0843. The SMILES string of the molecule is CCC(NC(=O)N1CCC(C)(C(=O)O)C1)c1cc(F)ccc1F. The number of amides is 2. The Morgan fingerprint density at radius 3 is 2.70 bits per heavy atom. The Balaban J connectivity index is 2.09. The molecule has 0 bridgehead atoms. The van der Waals surface area contributed by atoms with Gasteiger partial charge in [0, 0.05) is 18.7 Å². The van der Waals surface area contributed by atoms with Crippen molar-refractivity contribution in [3.8, 4) is 0 Å². The topological polar surface area (TPSA) is 69.6 Å². The van der Waals surface area contributed by atoms with E-state index in [0.717, 1.165) is 18.2 Å². The van der Waals surface area contributed by atoms with E-state index in [-0.39, 0.29) is 12.1 Å². The third kappa shape index (κ3) is 3.60. The van der Waals surface area contributed by atoms with Crippen LogP contribution >= 0.6 is 0 Å². The summed E-state index contributed by atoms with van der Waals surface area (Å²) in [5.74, 6) is -2.11. The highest BCUT2D eigenvalue weighted by molar-refractivity contribution is 5.79. The molecule has 23 heavy (non-hydrogen) atoms. The second kappa shape index (κ2) is 6.52. The first-order chi connectivity index (χ1) is 10.8. The molecule has 1 saturated heterocycles. The molecular weight excluding hydrogens is 306 g/mol. The van der Waals surface area contributed by atoms with Crippen molar-refractivity contribution in [3.63, 3.8) is 0 Å². The molecule has 126 valence electrons. The summed E-state index contributed by atoms with van der Waals surface area (Å²) >= 11 is 0. The number of carboxylic acid groups (broad SMARTS) is 1. The lowest BCUT2D eigenvalue weighted by molar-refractivity contribution is -0.147. The molecular formula is C16H20F2N2O3. The van der Waals surface area contributed by atoms with Gasteiger partial charge in [-0.15, -0.1) is 0 Å². The number of benzene rings is 1. The Kier molecular flexibility index (Phi) is 4.87. The Morgan fingerprint density at radius 1 is 1.43 bits per heavy atom. The van der Waals surface area contributed by atoms with Crippen molar-refractivity contribution in [1.29, 1.82) is 0 Å². The molecule has 2 rings (SSSR count). The van der Waals surface area contributed by atoms with Crippen molar-refractivity contribution in [3.05, 3.63) is 35.4 Å². The van der Waals surface area contributed by atoms with Crippen molar-refractivity contribution in [1.82, 2.24) is 10.2 Å². The number of hydrogen-bond donors (Lipinski definition) is 2. The standard InChI is InChI=1S/C16H20F2N2O3/c1-3-13(11-8-10(17)4-5-12(11)18)19-15(23)20-7-6-16(2,9-20)14(21)22/h4-5,8,13H,3,6-7,9H2,1-2H3,(H,19,23)(H,21,22). The van der Waals surface area contributed by atoms with E-state index in [2.05, 4.69) is 5.32 Å². The highest BCUT2D eigenvalue weighted by atomic mass is 19.1. The molecule has 5 nitrogen and oxygen atoms in total. The monoisotopic (exact) mass is 326 g/mol. The minimum Gasteiger partial charge on any atom is -0.481 e. The van der Waals surface area contributed by atoms with Gasteiger partial charge in [-0.05, 0) is 38.0 Å². The average Bonchev–Trinajstić information content (AvgIpc) is 2.91. The van der Waals surface area contributed by atoms with E-state index in [1.165, 1.54) is 4.90 Å². The number of rotatable bonds is 4. The third-order valence-electron chi connectivity index (χ3n) is 4.32. The Morgan fingerprint density at radius 2 is 2.13 bits per heavy atom. The lowest BCUT2D eigenvalue weighted by Crippen LogP contribution is -2.42. The van der Waals surface area contributed by atoms with Gasteiger partial charge in [-0.3, -0.25) is 4.79 Å². The Hall–Kier alpha value is -2.18. The maximum Gasteiger partial charge on any atom is 0.317 e. The van der Waals surface area contributed by atoms with Crippen molar-refractivity contribution in [2.24, 2.45) is 5.41 Å². The first kappa shape index (κ1) is 17.2. The van der Waals surface area contributed by atoms with Crippen LogP contribution in [0.15, 0.2) is 18.2 Å². The van der Waals surface area contributed by atoms with E-state index in [9.17, 15) is 23.5 Å². The van der Waals surface area contributed by atoms with Crippen LogP contribution in [0, 0.1) is 17.0 Å². The number of nitrogens with one attached hydrogen (secondary N) is 1. The molecule has 0 saturated carbocycles. The zero-order chi connectivity index (χ0) is 17.2. The lowest BCUT2D eigenvalue weighted by Gasteiger charge is -2.24. The van der Waals surface area contributed by atoms with Gasteiger partial charge >= 0.3 is 12.0 Å². The fourth-order valence-corrected chi connectivity index (χ4v) is 2.73. The molecule has 7 heteroatoms. The van der Waals surface area contributed by atoms with Crippen LogP contribution in [0.4, 0.5) is 13.6 Å². The van der Waals surface area contributed by atoms with Crippen LogP contribution in [0.2, 0.25) is 0 Å². The summed E-state index contributed by atoms with van der Waals surface area (Å²) in [7, 11) is 0. The summed E-state index contributed by atoms with van der Waals surface area (Å²) in [6, 6.07) is 1.97. The Labute approximate surface area is 133 Å². The number of aliphatic carboxylic acids is 1. The molecule has 1 heterocycles. The number of likely N-dealkylation sites (tertiary alicyclic amines) is 1. The molecule has 2 atom stereocenters. The van der Waals surface area contributed by atoms with Crippen LogP contribution in [0.1, 0.15) is 38.3 Å². The van der Waals surface area contributed by atoms with E-state index >= 15 is 0 Å². The maximum absolute atomic E-state index is 13.9. The molecule has 1 aromatic carbocycles. The molecule has 1 aromatic rings. The van der Waals surface area contributed by atoms with Crippen LogP contribution in [0.3, 0.4) is 0 Å². The van der Waals surface area contributed by atoms with Crippen molar-refractivity contribution in [2.75, 3.05) is 13.1 Å². The van der Waals surface area contributed by atoms with Crippen molar-refractivity contribution in [2.45, 2.75) is 32.7 Å². The molecule has 2 unspecified atom stereocenters. The summed E-state index contributed by atoms with van der Waals surface area (Å²) in [4.78, 5) is 24.9. The van der Waals surface area contributed by atoms with Crippen LogP contribution in [0.5, 0.6) is 0 Å². The van der Waals surface area contributed by atoms with Gasteiger partial charge in [0.15, 0.2) is 0 Å². The smallest absolute Gasteiger partial charge is 0.317 e. The van der Waals surface area contributed by atoms with E-state index in [1.807, 2.05) is 0 Å². The summed E-state index contributed by atoms with van der Waals surface area (Å²) in [6.07, 6.45) is 0.747. The molecule has 0 radical (unpaired) electrons. The molecule has 0 spiro atoms. The zero-order valence-corrected chi connectivity index (χ0v) is 13.1. The van der Waals surface area contributed by atoms with Gasteiger partial charge in [0.25, 0.3) is 0 Å². The van der Waals surface area contributed by atoms with Crippen LogP contribution in [-0.4, -0.2) is 35.1 Å². The molecule has 1 aliphatic heterocycles. The fourth-order valence-electron chi connectivity index (χ4n) is 2.73. The number of hydrogen-bond acceptors (Lipinski definition) is 2. The van der Waals surface area contributed by atoms with Gasteiger partial charge in [0.2, 0.25) is 0 Å². The fraction of sp³-hybridized carbons (Fsp3) is 0.500. The predicted molar refractivity (Wildman–Crippen MR) is 79.9 cm³/mol. The summed E-state index contributed by atoms with van der Waals surface area (Å²) in [6.45, 7) is 3.75. The van der Waals surface area contributed by atoms with Crippen molar-refractivity contribution < 1.29 is 23.5 Å². The molecule has 2 N–H and O–H groups in total. The summed E-state index contributed by atoms with van der Waals surface area (Å²) < 4.78 is 27.2. The third-order valence-corrected chi connectivity index (χ3v) is 4.32. The Bertz CT molecular complexity index is 623. The van der Waals surface area contributed by atoms with Gasteiger partial charge in [-0.25, -0.2) is 13.6 Å². The number of carboxylic acids is 1. The van der Waals surface area contributed by atoms with Gasteiger partial charge in [0.1, 0.15) is 11.6 Å². The van der Waals surface area contributed by atoms with Gasteiger partial charge < -0.3 is 15.3 Å². The molecule has 2 amide bonds. The normalized spacial score (nSPS) is 22.0. The number of carbonyl (C=O) groups is 2. The number of urea groups is 1. The first-order valence-electron chi connectivity index (χ1n) is 7.50. The highest BCUT2D eigenvalue weighted by Crippen LogP contribution is 2.30. The summed E-state index contributed by atoms with van der Waals surface area (Å²) in [5, 5.41) is 11.9. The number of halogens is 2. The quantitative estimate of drug-likeness (QED) is 0.894. The van der Waals surface area contributed by atoms with Gasteiger partial charge in [-0.2, -0.15) is 0 Å². The zero-order valence-electron chi connectivity index (χ0n) is 13.1. The second-order valence-corrected chi connectivity index (χ2v) is 6.11. The van der Waals surface area contributed by atoms with Gasteiger partial charge in [0.05, 0.1) is 11.5 Å². The second-order valence-electron chi connectivity index (χ2n) is 6.11.